The molecule has 1 aromatic heterocycles. The van der Waals surface area contributed by atoms with Gasteiger partial charge in [-0.05, 0) is 41.9 Å². The maximum atomic E-state index is 6.54. The van der Waals surface area contributed by atoms with Crippen molar-refractivity contribution in [3.05, 3.63) is 30.1 Å². The first-order chi connectivity index (χ1) is 8.13. The van der Waals surface area contributed by atoms with E-state index in [9.17, 15) is 0 Å². The predicted molar refractivity (Wildman–Crippen MR) is 71.8 cm³/mol. The Morgan fingerprint density at radius 3 is 2.35 bits per heavy atom. The minimum Gasteiger partial charge on any atom is -0.327 e. The maximum Gasteiger partial charge on any atom is 0.0270 e. The predicted octanol–water partition coefficient (Wildman–Crippen LogP) is 3.48. The van der Waals surface area contributed by atoms with E-state index in [0.717, 1.165) is 0 Å². The highest BCUT2D eigenvalue weighted by Gasteiger charge is 2.36. The van der Waals surface area contributed by atoms with Gasteiger partial charge >= 0.3 is 0 Å². The van der Waals surface area contributed by atoms with Crippen LogP contribution in [0.4, 0.5) is 0 Å². The zero-order valence-corrected chi connectivity index (χ0v) is 11.0. The van der Waals surface area contributed by atoms with E-state index in [1.165, 1.54) is 37.7 Å². The van der Waals surface area contributed by atoms with Crippen molar-refractivity contribution in [1.29, 1.82) is 0 Å². The van der Waals surface area contributed by atoms with E-state index in [4.69, 9.17) is 5.73 Å². The number of nitrogens with two attached hydrogens (primary N) is 1. The second-order valence-corrected chi connectivity index (χ2v) is 5.81. The second kappa shape index (κ2) is 5.18. The fourth-order valence-electron chi connectivity index (χ4n) is 3.17. The lowest BCUT2D eigenvalue weighted by Crippen LogP contribution is -2.44. The van der Waals surface area contributed by atoms with Crippen molar-refractivity contribution in [3.63, 3.8) is 0 Å². The van der Waals surface area contributed by atoms with E-state index in [0.29, 0.717) is 11.3 Å². The van der Waals surface area contributed by atoms with Crippen LogP contribution >= 0.6 is 0 Å². The van der Waals surface area contributed by atoms with Crippen molar-refractivity contribution in [1.82, 2.24) is 4.98 Å². The summed E-state index contributed by atoms with van der Waals surface area (Å²) < 4.78 is 0. The van der Waals surface area contributed by atoms with Crippen molar-refractivity contribution in [2.75, 3.05) is 0 Å². The van der Waals surface area contributed by atoms with Crippen LogP contribution in [0, 0.1) is 5.41 Å². The summed E-state index contributed by atoms with van der Waals surface area (Å²) in [6.07, 6.45) is 10.4. The van der Waals surface area contributed by atoms with Gasteiger partial charge < -0.3 is 5.73 Å². The Morgan fingerprint density at radius 1 is 1.18 bits per heavy atom. The highest BCUT2D eigenvalue weighted by atomic mass is 14.7. The maximum absolute atomic E-state index is 6.54. The average molecular weight is 232 g/mol. The molecule has 0 aromatic carbocycles. The lowest BCUT2D eigenvalue weighted by Gasteiger charge is -2.41. The van der Waals surface area contributed by atoms with Crippen LogP contribution in [0.5, 0.6) is 0 Å². The molecule has 2 unspecified atom stereocenters. The van der Waals surface area contributed by atoms with Gasteiger partial charge in [-0.3, -0.25) is 4.98 Å². The first kappa shape index (κ1) is 12.6. The van der Waals surface area contributed by atoms with Gasteiger partial charge in [-0.15, -0.1) is 0 Å². The third-order valence-electron chi connectivity index (χ3n) is 4.57. The molecule has 1 saturated carbocycles. The van der Waals surface area contributed by atoms with E-state index < -0.39 is 0 Å². The monoisotopic (exact) mass is 232 g/mol. The van der Waals surface area contributed by atoms with Crippen LogP contribution in [0.15, 0.2) is 24.5 Å². The van der Waals surface area contributed by atoms with Crippen molar-refractivity contribution in [3.8, 4) is 0 Å². The summed E-state index contributed by atoms with van der Waals surface area (Å²) in [6, 6.07) is 4.44. The average Bonchev–Trinajstić information content (AvgIpc) is 2.39. The SMILES string of the molecule is CC(c1ccncc1)C(N)C1(C)CCCCC1. The fourth-order valence-corrected chi connectivity index (χ4v) is 3.17. The van der Waals surface area contributed by atoms with Crippen molar-refractivity contribution < 1.29 is 0 Å². The third-order valence-corrected chi connectivity index (χ3v) is 4.57. The van der Waals surface area contributed by atoms with Gasteiger partial charge in [0, 0.05) is 18.4 Å². The number of hydrogen-bond acceptors (Lipinski definition) is 2. The number of pyridine rings is 1. The van der Waals surface area contributed by atoms with Gasteiger partial charge in [0.1, 0.15) is 0 Å². The summed E-state index contributed by atoms with van der Waals surface area (Å²) in [5.74, 6) is 0.418. The Balaban J connectivity index is 2.11. The van der Waals surface area contributed by atoms with Gasteiger partial charge in [0.15, 0.2) is 0 Å². The standard InChI is InChI=1S/C15H24N2/c1-12(13-6-10-17-11-7-13)14(16)15(2)8-4-3-5-9-15/h6-7,10-12,14H,3-5,8-9,16H2,1-2H3. The van der Waals surface area contributed by atoms with Crippen LogP contribution in [0.3, 0.4) is 0 Å². The van der Waals surface area contributed by atoms with E-state index in [1.54, 1.807) is 0 Å². The molecule has 1 aromatic rings. The van der Waals surface area contributed by atoms with Gasteiger partial charge in [0.05, 0.1) is 0 Å². The van der Waals surface area contributed by atoms with Gasteiger partial charge in [0.2, 0.25) is 0 Å². The molecule has 94 valence electrons. The summed E-state index contributed by atoms with van der Waals surface area (Å²) in [5.41, 5.74) is 8.18. The molecular formula is C15H24N2. The Kier molecular flexibility index (Phi) is 3.82. The molecule has 2 atom stereocenters. The molecule has 2 rings (SSSR count). The van der Waals surface area contributed by atoms with Crippen LogP contribution in [-0.2, 0) is 0 Å². The molecule has 0 amide bonds. The van der Waals surface area contributed by atoms with Crippen LogP contribution in [0.25, 0.3) is 0 Å². The lowest BCUT2D eigenvalue weighted by molar-refractivity contribution is 0.154. The topological polar surface area (TPSA) is 38.9 Å². The third kappa shape index (κ3) is 2.68. The second-order valence-electron chi connectivity index (χ2n) is 5.81. The van der Waals surface area contributed by atoms with Crippen LogP contribution in [0.2, 0.25) is 0 Å². The molecule has 0 bridgehead atoms. The molecular weight excluding hydrogens is 208 g/mol. The lowest BCUT2D eigenvalue weighted by atomic mass is 9.66. The molecule has 17 heavy (non-hydrogen) atoms. The largest absolute Gasteiger partial charge is 0.327 e. The van der Waals surface area contributed by atoms with E-state index in [-0.39, 0.29) is 6.04 Å². The smallest absolute Gasteiger partial charge is 0.0270 e. The van der Waals surface area contributed by atoms with Crippen molar-refractivity contribution in [2.45, 2.75) is 57.9 Å². The molecule has 1 heterocycles. The Labute approximate surface area is 105 Å². The van der Waals surface area contributed by atoms with Crippen LogP contribution in [0.1, 0.15) is 57.4 Å². The van der Waals surface area contributed by atoms with E-state index in [1.807, 2.05) is 12.4 Å². The Bertz CT molecular complexity index is 341. The zero-order chi connectivity index (χ0) is 12.3. The molecule has 1 fully saturated rings. The zero-order valence-electron chi connectivity index (χ0n) is 11.0. The van der Waals surface area contributed by atoms with Crippen LogP contribution < -0.4 is 5.73 Å². The van der Waals surface area contributed by atoms with Gasteiger partial charge in [-0.2, -0.15) is 0 Å². The summed E-state index contributed by atoms with van der Waals surface area (Å²) in [7, 11) is 0. The normalized spacial score (nSPS) is 23.0. The first-order valence-electron chi connectivity index (χ1n) is 6.79. The molecule has 0 aliphatic heterocycles. The van der Waals surface area contributed by atoms with Crippen LogP contribution in [-0.4, -0.2) is 11.0 Å². The molecule has 1 aliphatic carbocycles. The molecule has 1 aliphatic rings. The number of rotatable bonds is 3. The number of nitrogens with zero attached hydrogens (tertiary/aromatic N) is 1. The molecule has 2 N–H and O–H groups in total. The summed E-state index contributed by atoms with van der Waals surface area (Å²) >= 11 is 0. The van der Waals surface area contributed by atoms with Gasteiger partial charge in [0.25, 0.3) is 0 Å². The summed E-state index contributed by atoms with van der Waals surface area (Å²) in [6.45, 7) is 4.62. The minimum absolute atomic E-state index is 0.255. The first-order valence-corrected chi connectivity index (χ1v) is 6.79. The van der Waals surface area contributed by atoms with E-state index in [2.05, 4.69) is 31.0 Å². The highest BCUT2D eigenvalue weighted by Crippen LogP contribution is 2.42. The molecule has 0 spiro atoms. The quantitative estimate of drug-likeness (QED) is 0.866. The molecule has 0 saturated heterocycles. The summed E-state index contributed by atoms with van der Waals surface area (Å²) in [5, 5.41) is 0. The van der Waals surface area contributed by atoms with Crippen molar-refractivity contribution in [2.24, 2.45) is 11.1 Å². The molecule has 2 heteroatoms. The summed E-state index contributed by atoms with van der Waals surface area (Å²) in [4.78, 5) is 4.08. The van der Waals surface area contributed by atoms with Gasteiger partial charge in [-0.1, -0.05) is 33.1 Å². The highest BCUT2D eigenvalue weighted by molar-refractivity contribution is 5.18. The molecule has 2 nitrogen and oxygen atoms in total. The Hall–Kier alpha value is -0.890. The number of aromatic nitrogens is 1. The number of hydrogen-bond donors (Lipinski definition) is 1. The van der Waals surface area contributed by atoms with Crippen molar-refractivity contribution >= 4 is 0 Å². The fraction of sp³-hybridized carbons (Fsp3) is 0.667. The van der Waals surface area contributed by atoms with E-state index >= 15 is 0 Å². The van der Waals surface area contributed by atoms with Gasteiger partial charge in [-0.25, -0.2) is 0 Å². The Morgan fingerprint density at radius 2 is 1.76 bits per heavy atom. The minimum atomic E-state index is 0.255. The molecule has 0 radical (unpaired) electrons.